The van der Waals surface area contributed by atoms with Crippen molar-refractivity contribution in [3.63, 3.8) is 0 Å². The second-order valence-electron chi connectivity index (χ2n) is 6.57. The molecule has 1 aromatic carbocycles. The van der Waals surface area contributed by atoms with Gasteiger partial charge in [-0.25, -0.2) is 4.52 Å². The van der Waals surface area contributed by atoms with Crippen molar-refractivity contribution in [1.29, 1.82) is 0 Å². The molecule has 4 rings (SSSR count). The van der Waals surface area contributed by atoms with E-state index in [1.807, 2.05) is 12.1 Å². The number of rotatable bonds is 4. The normalized spacial score (nSPS) is 14.5. The summed E-state index contributed by atoms with van der Waals surface area (Å²) in [6.45, 7) is 5.44. The SMILES string of the molecule is Cc1cn2nc(C(=O)NCc3ccc(N4CCOCC4)cc3)cc2c(=O)[nH]1. The molecule has 1 aliphatic heterocycles. The van der Waals surface area contributed by atoms with Crippen molar-refractivity contribution in [1.82, 2.24) is 19.9 Å². The number of fused-ring (bicyclic) bond motifs is 1. The Morgan fingerprint density at radius 1 is 1.26 bits per heavy atom. The molecule has 0 spiro atoms. The van der Waals surface area contributed by atoms with Crippen LogP contribution in [0.3, 0.4) is 0 Å². The molecule has 0 bridgehead atoms. The first kappa shape index (κ1) is 17.3. The molecule has 0 unspecified atom stereocenters. The lowest BCUT2D eigenvalue weighted by Crippen LogP contribution is -2.36. The maximum absolute atomic E-state index is 12.4. The maximum atomic E-state index is 12.4. The molecule has 27 heavy (non-hydrogen) atoms. The Labute approximate surface area is 155 Å². The van der Waals surface area contributed by atoms with Crippen LogP contribution in [0.2, 0.25) is 0 Å². The van der Waals surface area contributed by atoms with Crippen LogP contribution in [0.15, 0.2) is 41.3 Å². The number of amides is 1. The molecular weight excluding hydrogens is 346 g/mol. The number of benzene rings is 1. The van der Waals surface area contributed by atoms with Crippen molar-refractivity contribution in [2.24, 2.45) is 0 Å². The number of carbonyl (C=O) groups excluding carboxylic acids is 1. The van der Waals surface area contributed by atoms with Gasteiger partial charge in [-0.15, -0.1) is 0 Å². The van der Waals surface area contributed by atoms with Gasteiger partial charge in [0.15, 0.2) is 5.69 Å². The van der Waals surface area contributed by atoms with Crippen LogP contribution >= 0.6 is 0 Å². The number of anilines is 1. The topological polar surface area (TPSA) is 91.7 Å². The lowest BCUT2D eigenvalue weighted by molar-refractivity contribution is 0.0945. The minimum Gasteiger partial charge on any atom is -0.378 e. The zero-order valence-corrected chi connectivity index (χ0v) is 15.1. The average Bonchev–Trinajstić information content (AvgIpc) is 3.12. The van der Waals surface area contributed by atoms with Crippen molar-refractivity contribution in [3.05, 3.63) is 63.8 Å². The lowest BCUT2D eigenvalue weighted by Gasteiger charge is -2.28. The molecule has 140 valence electrons. The van der Waals surface area contributed by atoms with E-state index in [0.717, 1.165) is 37.6 Å². The van der Waals surface area contributed by atoms with E-state index < -0.39 is 0 Å². The number of hydrogen-bond acceptors (Lipinski definition) is 5. The van der Waals surface area contributed by atoms with Crippen LogP contribution < -0.4 is 15.8 Å². The molecule has 1 saturated heterocycles. The number of H-pyrrole nitrogens is 1. The maximum Gasteiger partial charge on any atom is 0.274 e. The second-order valence-corrected chi connectivity index (χ2v) is 6.57. The van der Waals surface area contributed by atoms with Gasteiger partial charge in [0.2, 0.25) is 0 Å². The van der Waals surface area contributed by atoms with E-state index in [0.29, 0.717) is 17.8 Å². The second kappa shape index (κ2) is 7.24. The molecule has 1 aliphatic rings. The molecular formula is C19H21N5O3. The van der Waals surface area contributed by atoms with E-state index in [1.54, 1.807) is 13.1 Å². The van der Waals surface area contributed by atoms with Gasteiger partial charge in [0, 0.05) is 43.3 Å². The Morgan fingerprint density at radius 3 is 2.74 bits per heavy atom. The van der Waals surface area contributed by atoms with Gasteiger partial charge in [-0.05, 0) is 24.6 Å². The number of ether oxygens (including phenoxy) is 1. The predicted molar refractivity (Wildman–Crippen MR) is 101 cm³/mol. The molecule has 2 aromatic heterocycles. The van der Waals surface area contributed by atoms with Crippen LogP contribution in [0, 0.1) is 6.92 Å². The molecule has 0 aliphatic carbocycles. The van der Waals surface area contributed by atoms with Gasteiger partial charge >= 0.3 is 0 Å². The number of morpholine rings is 1. The van der Waals surface area contributed by atoms with Gasteiger partial charge in [0.05, 0.1) is 13.2 Å². The van der Waals surface area contributed by atoms with E-state index in [2.05, 4.69) is 32.4 Å². The summed E-state index contributed by atoms with van der Waals surface area (Å²) in [5.41, 5.74) is 3.14. The van der Waals surface area contributed by atoms with Gasteiger partial charge < -0.3 is 19.9 Å². The minimum absolute atomic E-state index is 0.219. The van der Waals surface area contributed by atoms with Crippen LogP contribution in [0.25, 0.3) is 5.52 Å². The summed E-state index contributed by atoms with van der Waals surface area (Å²) in [5.74, 6) is -0.312. The highest BCUT2D eigenvalue weighted by molar-refractivity contribution is 5.93. The zero-order chi connectivity index (χ0) is 18.8. The van der Waals surface area contributed by atoms with E-state index in [-0.39, 0.29) is 17.2 Å². The van der Waals surface area contributed by atoms with Crippen molar-refractivity contribution in [2.75, 3.05) is 31.2 Å². The summed E-state index contributed by atoms with van der Waals surface area (Å²) in [5, 5.41) is 7.04. The fourth-order valence-electron chi connectivity index (χ4n) is 3.15. The summed E-state index contributed by atoms with van der Waals surface area (Å²) in [6.07, 6.45) is 1.68. The van der Waals surface area contributed by atoms with Crippen LogP contribution in [0.5, 0.6) is 0 Å². The average molecular weight is 367 g/mol. The van der Waals surface area contributed by atoms with Gasteiger partial charge in [-0.2, -0.15) is 5.10 Å². The standard InChI is InChI=1S/C19H21N5O3/c1-13-12-24-17(19(26)21-13)10-16(22-24)18(25)20-11-14-2-4-15(5-3-14)23-6-8-27-9-7-23/h2-5,10,12H,6-9,11H2,1H3,(H,20,25)(H,21,26). The van der Waals surface area contributed by atoms with E-state index in [9.17, 15) is 9.59 Å². The third kappa shape index (κ3) is 3.70. The Kier molecular flexibility index (Phi) is 4.64. The van der Waals surface area contributed by atoms with E-state index in [1.165, 1.54) is 10.6 Å². The van der Waals surface area contributed by atoms with Crippen LogP contribution in [0.4, 0.5) is 5.69 Å². The smallest absolute Gasteiger partial charge is 0.274 e. The Hall–Kier alpha value is -3.13. The summed E-state index contributed by atoms with van der Waals surface area (Å²) >= 11 is 0. The number of aromatic amines is 1. The summed E-state index contributed by atoms with van der Waals surface area (Å²) in [4.78, 5) is 29.3. The molecule has 1 amide bonds. The zero-order valence-electron chi connectivity index (χ0n) is 15.1. The van der Waals surface area contributed by atoms with Crippen LogP contribution in [-0.2, 0) is 11.3 Å². The first-order valence-electron chi connectivity index (χ1n) is 8.89. The van der Waals surface area contributed by atoms with E-state index in [4.69, 9.17) is 4.74 Å². The largest absolute Gasteiger partial charge is 0.378 e. The van der Waals surface area contributed by atoms with Crippen molar-refractivity contribution in [2.45, 2.75) is 13.5 Å². The van der Waals surface area contributed by atoms with Gasteiger partial charge in [0.25, 0.3) is 11.5 Å². The monoisotopic (exact) mass is 367 g/mol. The highest BCUT2D eigenvalue weighted by Gasteiger charge is 2.14. The highest BCUT2D eigenvalue weighted by Crippen LogP contribution is 2.16. The number of aryl methyl sites for hydroxylation is 1. The third-order valence-electron chi connectivity index (χ3n) is 4.59. The number of nitrogens with one attached hydrogen (secondary N) is 2. The summed E-state index contributed by atoms with van der Waals surface area (Å²) in [7, 11) is 0. The summed E-state index contributed by atoms with van der Waals surface area (Å²) < 4.78 is 6.80. The minimum atomic E-state index is -0.312. The van der Waals surface area contributed by atoms with Crippen molar-refractivity contribution < 1.29 is 9.53 Å². The van der Waals surface area contributed by atoms with Crippen molar-refractivity contribution >= 4 is 17.1 Å². The third-order valence-corrected chi connectivity index (χ3v) is 4.59. The lowest BCUT2D eigenvalue weighted by atomic mass is 10.2. The van der Waals surface area contributed by atoms with Crippen LogP contribution in [-0.4, -0.2) is 46.8 Å². The quantitative estimate of drug-likeness (QED) is 0.720. The molecule has 0 radical (unpaired) electrons. The Bertz CT molecular complexity index is 1020. The van der Waals surface area contributed by atoms with Gasteiger partial charge in [0.1, 0.15) is 5.52 Å². The molecule has 0 saturated carbocycles. The Morgan fingerprint density at radius 2 is 2.00 bits per heavy atom. The van der Waals surface area contributed by atoms with Gasteiger partial charge in [-0.3, -0.25) is 9.59 Å². The number of carbonyl (C=O) groups is 1. The number of hydrogen-bond donors (Lipinski definition) is 2. The molecule has 3 aromatic rings. The Balaban J connectivity index is 1.41. The highest BCUT2D eigenvalue weighted by atomic mass is 16.5. The summed E-state index contributed by atoms with van der Waals surface area (Å²) in [6, 6.07) is 9.61. The van der Waals surface area contributed by atoms with Crippen LogP contribution in [0.1, 0.15) is 21.7 Å². The molecule has 8 heteroatoms. The molecule has 8 nitrogen and oxygen atoms in total. The number of nitrogens with zero attached hydrogens (tertiary/aromatic N) is 3. The van der Waals surface area contributed by atoms with Crippen molar-refractivity contribution in [3.8, 4) is 0 Å². The molecule has 0 atom stereocenters. The predicted octanol–water partition coefficient (Wildman–Crippen LogP) is 1.10. The fraction of sp³-hybridized carbons (Fsp3) is 0.316. The fourth-order valence-corrected chi connectivity index (χ4v) is 3.15. The van der Waals surface area contributed by atoms with Gasteiger partial charge in [-0.1, -0.05) is 12.1 Å². The molecule has 2 N–H and O–H groups in total. The first-order valence-corrected chi connectivity index (χ1v) is 8.89. The molecule has 3 heterocycles. The first-order chi connectivity index (χ1) is 13.1. The van der Waals surface area contributed by atoms with E-state index >= 15 is 0 Å². The number of aromatic nitrogens is 3. The molecule has 1 fully saturated rings.